The van der Waals surface area contributed by atoms with E-state index in [-0.39, 0.29) is 5.41 Å². The number of aliphatic hydroxyl groups is 1. The van der Waals surface area contributed by atoms with Crippen molar-refractivity contribution in [2.24, 2.45) is 0 Å². The first-order valence-corrected chi connectivity index (χ1v) is 5.80. The molecule has 4 nitrogen and oxygen atoms in total. The minimum Gasteiger partial charge on any atom is -0.385 e. The van der Waals surface area contributed by atoms with E-state index < -0.39 is 6.10 Å². The van der Waals surface area contributed by atoms with Gasteiger partial charge in [-0.3, -0.25) is 0 Å². The van der Waals surface area contributed by atoms with Gasteiger partial charge in [-0.05, 0) is 25.3 Å². The van der Waals surface area contributed by atoms with Crippen LogP contribution in [-0.4, -0.2) is 15.2 Å². The van der Waals surface area contributed by atoms with Crippen molar-refractivity contribution in [3.63, 3.8) is 0 Å². The van der Waals surface area contributed by atoms with Crippen molar-refractivity contribution in [3.8, 4) is 0 Å². The zero-order valence-electron chi connectivity index (χ0n) is 9.63. The monoisotopic (exact) mass is 230 g/mol. The first-order chi connectivity index (χ1) is 8.22. The number of rotatable bonds is 3. The molecule has 1 heterocycles. The van der Waals surface area contributed by atoms with Crippen molar-refractivity contribution < 1.29 is 9.63 Å². The van der Waals surface area contributed by atoms with E-state index in [2.05, 4.69) is 22.3 Å². The Morgan fingerprint density at radius 1 is 1.29 bits per heavy atom. The highest BCUT2D eigenvalue weighted by molar-refractivity contribution is 5.37. The van der Waals surface area contributed by atoms with Gasteiger partial charge >= 0.3 is 0 Å². The van der Waals surface area contributed by atoms with Gasteiger partial charge in [0.15, 0.2) is 5.82 Å². The molecule has 2 aromatic rings. The molecule has 0 aliphatic heterocycles. The highest BCUT2D eigenvalue weighted by Crippen LogP contribution is 2.52. The van der Waals surface area contributed by atoms with Crippen molar-refractivity contribution in [1.82, 2.24) is 10.1 Å². The predicted octanol–water partition coefficient (Wildman–Crippen LogP) is 2.20. The smallest absolute Gasteiger partial charge is 0.237 e. The van der Waals surface area contributed by atoms with E-state index >= 15 is 0 Å². The molecule has 88 valence electrons. The lowest BCUT2D eigenvalue weighted by molar-refractivity contribution is 0.184. The number of hydrogen-bond donors (Lipinski definition) is 1. The summed E-state index contributed by atoms with van der Waals surface area (Å²) in [6, 6.07) is 10.2. The minimum absolute atomic E-state index is 0.110. The van der Waals surface area contributed by atoms with Gasteiger partial charge in [0.25, 0.3) is 0 Å². The lowest BCUT2D eigenvalue weighted by Gasteiger charge is -2.09. The van der Waals surface area contributed by atoms with Crippen LogP contribution in [-0.2, 0) is 5.41 Å². The van der Waals surface area contributed by atoms with Gasteiger partial charge in [0.1, 0.15) is 6.10 Å². The van der Waals surface area contributed by atoms with E-state index in [1.165, 1.54) is 5.56 Å². The maximum atomic E-state index is 9.41. The molecule has 1 unspecified atom stereocenters. The molecular weight excluding hydrogens is 216 g/mol. The maximum Gasteiger partial charge on any atom is 0.237 e. The fourth-order valence-corrected chi connectivity index (χ4v) is 2.11. The predicted molar refractivity (Wildman–Crippen MR) is 61.4 cm³/mol. The molecular formula is C13H14N2O2. The largest absolute Gasteiger partial charge is 0.385 e. The topological polar surface area (TPSA) is 59.2 Å². The van der Waals surface area contributed by atoms with Crippen LogP contribution in [0.3, 0.4) is 0 Å². The third-order valence-corrected chi connectivity index (χ3v) is 3.30. The molecule has 1 atom stereocenters. The molecule has 1 aromatic carbocycles. The molecule has 1 aliphatic carbocycles. The van der Waals surface area contributed by atoms with Gasteiger partial charge in [-0.25, -0.2) is 0 Å². The Labute approximate surface area is 99.3 Å². The Morgan fingerprint density at radius 3 is 2.53 bits per heavy atom. The lowest BCUT2D eigenvalue weighted by atomic mass is 9.96. The van der Waals surface area contributed by atoms with E-state index in [1.807, 2.05) is 18.2 Å². The van der Waals surface area contributed by atoms with Crippen LogP contribution in [0.4, 0.5) is 0 Å². The van der Waals surface area contributed by atoms with E-state index in [1.54, 1.807) is 6.92 Å². The van der Waals surface area contributed by atoms with Crippen LogP contribution in [0.1, 0.15) is 43.1 Å². The fraction of sp³-hybridized carbons (Fsp3) is 0.385. The summed E-state index contributed by atoms with van der Waals surface area (Å²) in [5.74, 6) is 0.988. The van der Waals surface area contributed by atoms with Crippen LogP contribution in [0.5, 0.6) is 0 Å². The van der Waals surface area contributed by atoms with Crippen LogP contribution >= 0.6 is 0 Å². The number of nitrogens with zero attached hydrogens (tertiary/aromatic N) is 2. The lowest BCUT2D eigenvalue weighted by Crippen LogP contribution is -2.09. The van der Waals surface area contributed by atoms with Gasteiger partial charge < -0.3 is 9.63 Å². The van der Waals surface area contributed by atoms with Crippen molar-refractivity contribution in [2.75, 3.05) is 0 Å². The second-order valence-electron chi connectivity index (χ2n) is 4.58. The molecule has 0 bridgehead atoms. The summed E-state index contributed by atoms with van der Waals surface area (Å²) in [5, 5.41) is 13.2. The number of benzene rings is 1. The van der Waals surface area contributed by atoms with Crippen LogP contribution in [0, 0.1) is 0 Å². The quantitative estimate of drug-likeness (QED) is 0.878. The summed E-state index contributed by atoms with van der Waals surface area (Å²) in [6.45, 7) is 1.64. The van der Waals surface area contributed by atoms with E-state index in [4.69, 9.17) is 4.52 Å². The molecule has 1 N–H and O–H groups in total. The van der Waals surface area contributed by atoms with E-state index in [0.29, 0.717) is 11.7 Å². The van der Waals surface area contributed by atoms with Crippen LogP contribution in [0.25, 0.3) is 0 Å². The van der Waals surface area contributed by atoms with Gasteiger partial charge in [0.2, 0.25) is 5.89 Å². The van der Waals surface area contributed by atoms with Gasteiger partial charge in [-0.2, -0.15) is 4.98 Å². The maximum absolute atomic E-state index is 9.41. The molecule has 17 heavy (non-hydrogen) atoms. The third-order valence-electron chi connectivity index (χ3n) is 3.30. The fourth-order valence-electron chi connectivity index (χ4n) is 2.11. The summed E-state index contributed by atoms with van der Waals surface area (Å²) in [5.41, 5.74) is 1.10. The molecule has 1 saturated carbocycles. The second-order valence-corrected chi connectivity index (χ2v) is 4.58. The van der Waals surface area contributed by atoms with E-state index in [9.17, 15) is 5.11 Å². The number of aliphatic hydroxyl groups excluding tert-OH is 1. The van der Waals surface area contributed by atoms with Crippen molar-refractivity contribution in [1.29, 1.82) is 0 Å². The SMILES string of the molecule is CC(O)c1noc(C2(c3ccccc3)CC2)n1. The molecule has 3 rings (SSSR count). The van der Waals surface area contributed by atoms with Gasteiger partial charge in [0, 0.05) is 0 Å². The molecule has 1 fully saturated rings. The standard InChI is InChI=1S/C13H14N2O2/c1-9(16)11-14-12(17-15-11)13(7-8-13)10-5-3-2-4-6-10/h2-6,9,16H,7-8H2,1H3. The van der Waals surface area contributed by atoms with Crippen molar-refractivity contribution in [3.05, 3.63) is 47.6 Å². The molecule has 0 spiro atoms. The average molecular weight is 230 g/mol. The zero-order valence-corrected chi connectivity index (χ0v) is 9.63. The summed E-state index contributed by atoms with van der Waals surface area (Å²) in [6.07, 6.45) is 1.37. The van der Waals surface area contributed by atoms with Gasteiger partial charge in [0.05, 0.1) is 5.41 Å². The summed E-state index contributed by atoms with van der Waals surface area (Å²) >= 11 is 0. The first kappa shape index (κ1) is 10.5. The second kappa shape index (κ2) is 3.67. The summed E-state index contributed by atoms with van der Waals surface area (Å²) < 4.78 is 5.29. The highest BCUT2D eigenvalue weighted by Gasteiger charge is 2.50. The highest BCUT2D eigenvalue weighted by atomic mass is 16.5. The van der Waals surface area contributed by atoms with Crippen LogP contribution in [0.15, 0.2) is 34.9 Å². The number of aromatic nitrogens is 2. The van der Waals surface area contributed by atoms with Crippen LogP contribution < -0.4 is 0 Å². The average Bonchev–Trinajstić information content (AvgIpc) is 3.00. The summed E-state index contributed by atoms with van der Waals surface area (Å²) in [7, 11) is 0. The molecule has 0 radical (unpaired) electrons. The minimum atomic E-state index is -0.681. The Hall–Kier alpha value is -1.68. The first-order valence-electron chi connectivity index (χ1n) is 5.80. The molecule has 0 saturated heterocycles. The Morgan fingerprint density at radius 2 is 2.00 bits per heavy atom. The Kier molecular flexibility index (Phi) is 2.26. The van der Waals surface area contributed by atoms with Crippen molar-refractivity contribution >= 4 is 0 Å². The normalized spacial score (nSPS) is 18.9. The van der Waals surface area contributed by atoms with E-state index in [0.717, 1.165) is 12.8 Å². The number of hydrogen-bond acceptors (Lipinski definition) is 4. The van der Waals surface area contributed by atoms with Crippen molar-refractivity contribution in [2.45, 2.75) is 31.3 Å². The van der Waals surface area contributed by atoms with Gasteiger partial charge in [-0.15, -0.1) is 0 Å². The molecule has 0 amide bonds. The Bertz CT molecular complexity index is 515. The molecule has 1 aliphatic rings. The summed E-state index contributed by atoms with van der Waals surface area (Å²) in [4.78, 5) is 4.29. The molecule has 4 heteroatoms. The zero-order chi connectivity index (χ0) is 11.9. The Balaban J connectivity index is 1.98. The molecule has 1 aromatic heterocycles. The third kappa shape index (κ3) is 1.65. The van der Waals surface area contributed by atoms with Gasteiger partial charge in [-0.1, -0.05) is 35.5 Å². The van der Waals surface area contributed by atoms with Crippen LogP contribution in [0.2, 0.25) is 0 Å².